The van der Waals surface area contributed by atoms with Gasteiger partial charge in [0.1, 0.15) is 12.4 Å². The van der Waals surface area contributed by atoms with Gasteiger partial charge in [-0.3, -0.25) is 0 Å². The second-order valence-corrected chi connectivity index (χ2v) is 12.1. The lowest BCUT2D eigenvalue weighted by Crippen LogP contribution is -2.44. The lowest BCUT2D eigenvalue weighted by Gasteiger charge is -2.43. The first kappa shape index (κ1) is 29.0. The number of carboxylic acids is 1. The summed E-state index contributed by atoms with van der Waals surface area (Å²) < 4.78 is 12.4. The zero-order valence-corrected chi connectivity index (χ0v) is 24.2. The summed E-state index contributed by atoms with van der Waals surface area (Å²) in [5.41, 5.74) is 1.65. The number of allylic oxidation sites excluding steroid dienone is 1. The molecule has 2 N–H and O–H groups in total. The molecule has 7 heteroatoms. The minimum absolute atomic E-state index is 0.106. The summed E-state index contributed by atoms with van der Waals surface area (Å²) in [6.07, 6.45) is 13.3. The van der Waals surface area contributed by atoms with Crippen molar-refractivity contribution in [1.82, 2.24) is 0 Å². The lowest BCUT2D eigenvalue weighted by atomic mass is 9.70. The van der Waals surface area contributed by atoms with Gasteiger partial charge in [-0.15, -0.1) is 0 Å². The van der Waals surface area contributed by atoms with E-state index in [-0.39, 0.29) is 12.5 Å². The van der Waals surface area contributed by atoms with E-state index in [0.717, 1.165) is 80.7 Å². The molecule has 0 amide bonds. The maximum atomic E-state index is 12.4. The van der Waals surface area contributed by atoms with Crippen LogP contribution in [-0.4, -0.2) is 42.5 Å². The summed E-state index contributed by atoms with van der Waals surface area (Å²) in [6.45, 7) is 2.05. The predicted molar refractivity (Wildman–Crippen MR) is 158 cm³/mol. The third-order valence-corrected chi connectivity index (χ3v) is 9.40. The Morgan fingerprint density at radius 3 is 2.73 bits per heavy atom. The summed E-state index contributed by atoms with van der Waals surface area (Å²) >= 11 is 6.32. The van der Waals surface area contributed by atoms with Crippen molar-refractivity contribution in [1.29, 1.82) is 0 Å². The van der Waals surface area contributed by atoms with E-state index in [2.05, 4.69) is 17.1 Å². The molecule has 0 aromatic heterocycles. The van der Waals surface area contributed by atoms with E-state index in [9.17, 15) is 15.0 Å². The van der Waals surface area contributed by atoms with Crippen LogP contribution in [0.15, 0.2) is 48.6 Å². The van der Waals surface area contributed by atoms with Crippen LogP contribution >= 0.6 is 11.6 Å². The van der Waals surface area contributed by atoms with Crippen LogP contribution in [0.3, 0.4) is 0 Å². The average molecular weight is 568 g/mol. The Morgan fingerprint density at radius 1 is 1.07 bits per heavy atom. The van der Waals surface area contributed by atoms with E-state index in [0.29, 0.717) is 36.2 Å². The van der Waals surface area contributed by atoms with Gasteiger partial charge in [-0.05, 0) is 111 Å². The van der Waals surface area contributed by atoms with Crippen LogP contribution < -0.4 is 9.64 Å². The summed E-state index contributed by atoms with van der Waals surface area (Å²) in [5, 5.41) is 22.4. The Bertz CT molecular complexity index is 1220. The van der Waals surface area contributed by atoms with E-state index in [1.54, 1.807) is 6.07 Å². The van der Waals surface area contributed by atoms with Gasteiger partial charge < -0.3 is 24.6 Å². The maximum absolute atomic E-state index is 12.4. The van der Waals surface area contributed by atoms with Gasteiger partial charge in [-0.1, -0.05) is 42.3 Å². The Hall–Kier alpha value is -2.54. The first-order chi connectivity index (χ1) is 19.4. The number of nitrogens with zero attached hydrogens (tertiary/aromatic N) is 1. The number of aliphatic hydroxyl groups is 1. The Morgan fingerprint density at radius 2 is 1.95 bits per heavy atom. The second-order valence-electron chi connectivity index (χ2n) is 11.7. The molecule has 2 aliphatic heterocycles. The topological polar surface area (TPSA) is 79.2 Å². The number of aryl methyl sites for hydroxylation is 1. The van der Waals surface area contributed by atoms with Crippen LogP contribution in [0.4, 0.5) is 5.69 Å². The number of methoxy groups -OCH3 is 1. The van der Waals surface area contributed by atoms with E-state index < -0.39 is 11.6 Å². The molecular formula is C33H42ClNO5. The monoisotopic (exact) mass is 567 g/mol. The number of benzene rings is 2. The van der Waals surface area contributed by atoms with Crippen molar-refractivity contribution in [3.8, 4) is 5.75 Å². The number of carbonyl (C=O) groups is 1. The predicted octanol–water partition coefficient (Wildman–Crippen LogP) is 6.90. The second kappa shape index (κ2) is 13.0. The van der Waals surface area contributed by atoms with Crippen molar-refractivity contribution in [2.75, 3.05) is 25.1 Å². The molecule has 2 heterocycles. The number of fused-ring (bicyclic) bond motifs is 3. The quantitative estimate of drug-likeness (QED) is 0.384. The number of carboxylic acid groups (broad SMARTS) is 1. The molecule has 216 valence electrons. The minimum atomic E-state index is -1.94. The number of aliphatic carboxylic acids is 1. The first-order valence-electron chi connectivity index (χ1n) is 14.8. The number of anilines is 1. The number of ether oxygens (including phenoxy) is 2. The highest BCUT2D eigenvalue weighted by Crippen LogP contribution is 2.43. The van der Waals surface area contributed by atoms with E-state index in [4.69, 9.17) is 21.1 Å². The van der Waals surface area contributed by atoms with Gasteiger partial charge in [0.05, 0.1) is 11.8 Å². The highest BCUT2D eigenvalue weighted by Gasteiger charge is 2.40. The molecule has 6 nitrogen and oxygen atoms in total. The number of hydrogen-bond acceptors (Lipinski definition) is 5. The third kappa shape index (κ3) is 6.35. The molecule has 0 radical (unpaired) electrons. The summed E-state index contributed by atoms with van der Waals surface area (Å²) in [6, 6.07) is 11.4. The van der Waals surface area contributed by atoms with E-state index in [1.807, 2.05) is 37.4 Å². The van der Waals surface area contributed by atoms with Crippen molar-refractivity contribution in [2.24, 2.45) is 11.8 Å². The molecule has 1 saturated carbocycles. The zero-order valence-electron chi connectivity index (χ0n) is 23.5. The van der Waals surface area contributed by atoms with Crippen LogP contribution in [0, 0.1) is 11.8 Å². The molecule has 1 aliphatic carbocycles. The van der Waals surface area contributed by atoms with Gasteiger partial charge in [0.2, 0.25) is 0 Å². The molecule has 5 rings (SSSR count). The smallest absolute Gasteiger partial charge is 0.340 e. The number of hydrogen-bond donors (Lipinski definition) is 2. The van der Waals surface area contributed by atoms with Crippen molar-refractivity contribution in [2.45, 2.75) is 82.5 Å². The van der Waals surface area contributed by atoms with Crippen LogP contribution in [0.25, 0.3) is 0 Å². The highest BCUT2D eigenvalue weighted by atomic mass is 35.5. The number of halogens is 1. The zero-order chi connectivity index (χ0) is 28.1. The molecule has 1 fully saturated rings. The molecule has 3 aliphatic rings. The Balaban J connectivity index is 1.55. The third-order valence-electron chi connectivity index (χ3n) is 9.17. The summed E-state index contributed by atoms with van der Waals surface area (Å²) in [5.74, 6) is 0.408. The summed E-state index contributed by atoms with van der Waals surface area (Å²) in [7, 11) is 1.81. The van der Waals surface area contributed by atoms with Crippen LogP contribution in [-0.2, 0) is 28.2 Å². The maximum Gasteiger partial charge on any atom is 0.340 e. The Labute approximate surface area is 242 Å². The van der Waals surface area contributed by atoms with Crippen molar-refractivity contribution in [3.05, 3.63) is 70.3 Å². The van der Waals surface area contributed by atoms with Crippen molar-refractivity contribution in [3.63, 3.8) is 0 Å². The molecule has 2 aromatic carbocycles. The normalized spacial score (nSPS) is 28.6. The summed E-state index contributed by atoms with van der Waals surface area (Å²) in [4.78, 5) is 14.8. The van der Waals surface area contributed by atoms with Crippen molar-refractivity contribution >= 4 is 23.3 Å². The SMILES string of the molecule is CO[C@H]1/C=C/CCCCC[C@@](O)(C(=O)O)c2ccc3c(c2)N(CCCCc2cc(Cl)ccc2CO3)C[C@@H]2CC[C@H]21. The molecule has 4 atom stereocenters. The van der Waals surface area contributed by atoms with E-state index >= 15 is 0 Å². The highest BCUT2D eigenvalue weighted by molar-refractivity contribution is 6.30. The molecule has 2 bridgehead atoms. The molecule has 0 unspecified atom stereocenters. The fourth-order valence-electron chi connectivity index (χ4n) is 6.55. The molecule has 0 spiro atoms. The fraction of sp³-hybridized carbons (Fsp3) is 0.545. The molecule has 0 saturated heterocycles. The first-order valence-corrected chi connectivity index (χ1v) is 15.2. The molecular weight excluding hydrogens is 526 g/mol. The Kier molecular flexibility index (Phi) is 9.39. The minimum Gasteiger partial charge on any atom is -0.487 e. The van der Waals surface area contributed by atoms with Crippen LogP contribution in [0.1, 0.15) is 74.5 Å². The standard InChI is InChI=1S/C33H42ClNO5/c1-39-30-10-5-3-2-4-7-17-33(38,32(36)37)26-13-16-31-29(20-26)35(21-24-12-15-28(24)30)18-8-6-9-23-19-27(34)14-11-25(23)22-40-31/h5,10-11,13-14,16,19-20,24,28,30,38H,2-4,6-9,12,15,17-18,21-22H2,1H3,(H,36,37)/b10-5+/t24-,28+,30-,33-/m0/s1. The number of rotatable bonds is 2. The fourth-order valence-corrected chi connectivity index (χ4v) is 6.75. The van der Waals surface area contributed by atoms with Gasteiger partial charge in [0.15, 0.2) is 5.60 Å². The lowest BCUT2D eigenvalue weighted by molar-refractivity contribution is -0.160. The van der Waals surface area contributed by atoms with Gasteiger partial charge in [-0.25, -0.2) is 4.79 Å². The van der Waals surface area contributed by atoms with Gasteiger partial charge >= 0.3 is 5.97 Å². The largest absolute Gasteiger partial charge is 0.487 e. The van der Waals surface area contributed by atoms with Crippen LogP contribution in [0.2, 0.25) is 5.02 Å². The average Bonchev–Trinajstić information content (AvgIpc) is 2.96. The molecule has 40 heavy (non-hydrogen) atoms. The van der Waals surface area contributed by atoms with E-state index in [1.165, 1.54) is 5.56 Å². The molecule has 2 aromatic rings. The van der Waals surface area contributed by atoms with Gasteiger partial charge in [0.25, 0.3) is 0 Å². The van der Waals surface area contributed by atoms with Crippen molar-refractivity contribution < 1.29 is 24.5 Å². The van der Waals surface area contributed by atoms with Crippen LogP contribution in [0.5, 0.6) is 5.75 Å². The van der Waals surface area contributed by atoms with Gasteiger partial charge in [-0.2, -0.15) is 0 Å². The van der Waals surface area contributed by atoms with Gasteiger partial charge in [0, 0.05) is 25.2 Å².